The highest BCUT2D eigenvalue weighted by Gasteiger charge is 2.22. The highest BCUT2D eigenvalue weighted by Crippen LogP contribution is 2.26. The first-order valence-electron chi connectivity index (χ1n) is 4.60. The molecule has 0 fully saturated rings. The molecule has 1 unspecified atom stereocenters. The van der Waals surface area contributed by atoms with Crippen LogP contribution in [0.15, 0.2) is 24.3 Å². The molecule has 2 rings (SSSR count). The van der Waals surface area contributed by atoms with Gasteiger partial charge in [0.1, 0.15) is 11.9 Å². The van der Waals surface area contributed by atoms with E-state index in [-0.39, 0.29) is 18.8 Å². The Hall–Kier alpha value is -1.31. The zero-order valence-corrected chi connectivity index (χ0v) is 6.62. The van der Waals surface area contributed by atoms with Crippen molar-refractivity contribution in [3.05, 3.63) is 29.8 Å². The van der Waals surface area contributed by atoms with Gasteiger partial charge in [-0.3, -0.25) is 4.79 Å². The largest absolute Gasteiger partial charge is 0.489 e. The van der Waals surface area contributed by atoms with Crippen molar-refractivity contribution in [1.82, 2.24) is 0 Å². The minimum absolute atomic E-state index is 0.0825. The molecule has 62 valence electrons. The molecule has 1 aromatic carbocycles. The number of carbonyl (C=O) groups excluding carboxylic acids is 1. The third-order valence-electron chi connectivity index (χ3n) is 1.89. The second kappa shape index (κ2) is 2.63. The zero-order chi connectivity index (χ0) is 9.26. The summed E-state index contributed by atoms with van der Waals surface area (Å²) in [5, 5.41) is 0. The SMILES string of the molecule is [2H]CC1CC(=O)c2ccccc2O1. The summed E-state index contributed by atoms with van der Waals surface area (Å²) in [5.41, 5.74) is 0.646. The van der Waals surface area contributed by atoms with Crippen LogP contribution in [-0.2, 0) is 0 Å². The molecular weight excluding hydrogens is 152 g/mol. The highest BCUT2D eigenvalue weighted by molar-refractivity contribution is 5.99. The molecule has 0 spiro atoms. The maximum atomic E-state index is 11.5. The van der Waals surface area contributed by atoms with E-state index in [2.05, 4.69) is 0 Å². The Kier molecular flexibility index (Phi) is 1.36. The van der Waals surface area contributed by atoms with Crippen LogP contribution in [0.3, 0.4) is 0 Å². The third-order valence-corrected chi connectivity index (χ3v) is 1.89. The second-order valence-electron chi connectivity index (χ2n) is 2.86. The van der Waals surface area contributed by atoms with Crippen molar-refractivity contribution in [2.45, 2.75) is 19.4 Å². The standard InChI is InChI=1S/C10H10O2/c1-7-6-9(11)8-4-2-3-5-10(8)12-7/h2-5,7H,6H2,1H3/i1D. The van der Waals surface area contributed by atoms with Crippen LogP contribution in [0.2, 0.25) is 0 Å². The van der Waals surface area contributed by atoms with Crippen LogP contribution in [0.1, 0.15) is 25.0 Å². The number of ether oxygens (including phenoxy) is 1. The lowest BCUT2D eigenvalue weighted by Crippen LogP contribution is -2.23. The van der Waals surface area contributed by atoms with Gasteiger partial charge in [-0.05, 0) is 19.0 Å². The molecule has 0 bridgehead atoms. The summed E-state index contributed by atoms with van der Waals surface area (Å²) in [4.78, 5) is 11.5. The first kappa shape index (κ1) is 6.23. The molecular formula is C10H10O2. The van der Waals surface area contributed by atoms with Gasteiger partial charge < -0.3 is 4.74 Å². The molecule has 0 aromatic heterocycles. The molecule has 2 nitrogen and oxygen atoms in total. The van der Waals surface area contributed by atoms with Gasteiger partial charge >= 0.3 is 0 Å². The lowest BCUT2D eigenvalue weighted by Gasteiger charge is -2.21. The number of Topliss-reactive ketones (excluding diaryl/α,β-unsaturated/α-hetero) is 1. The van der Waals surface area contributed by atoms with Gasteiger partial charge in [0.15, 0.2) is 5.78 Å². The summed E-state index contributed by atoms with van der Waals surface area (Å²) in [5.74, 6) is 0.704. The number of hydrogen-bond donors (Lipinski definition) is 0. The van der Waals surface area contributed by atoms with E-state index in [1.807, 2.05) is 12.1 Å². The molecule has 1 atom stereocenters. The van der Waals surface area contributed by atoms with Gasteiger partial charge in [-0.15, -0.1) is 0 Å². The summed E-state index contributed by atoms with van der Waals surface area (Å²) < 4.78 is 12.6. The van der Waals surface area contributed by atoms with Gasteiger partial charge in [0, 0.05) is 7.79 Å². The summed E-state index contributed by atoms with van der Waals surface area (Å²) in [7, 11) is 0. The normalized spacial score (nSPS) is 22.5. The molecule has 0 amide bonds. The van der Waals surface area contributed by atoms with Crippen molar-refractivity contribution in [1.29, 1.82) is 0 Å². The van der Waals surface area contributed by atoms with Crippen molar-refractivity contribution >= 4 is 5.78 Å². The molecule has 1 heterocycles. The number of carbonyl (C=O) groups is 1. The summed E-state index contributed by atoms with van der Waals surface area (Å²) in [6.45, 7) is 0.139. The number of benzene rings is 1. The Morgan fingerprint density at radius 1 is 1.58 bits per heavy atom. The molecule has 1 aliphatic heterocycles. The van der Waals surface area contributed by atoms with E-state index >= 15 is 0 Å². The van der Waals surface area contributed by atoms with E-state index in [0.717, 1.165) is 0 Å². The number of rotatable bonds is 0. The van der Waals surface area contributed by atoms with Crippen LogP contribution < -0.4 is 4.74 Å². The average molecular weight is 163 g/mol. The molecule has 12 heavy (non-hydrogen) atoms. The third kappa shape index (κ3) is 1.09. The Labute approximate surface area is 72.6 Å². The van der Waals surface area contributed by atoms with Crippen molar-refractivity contribution in [2.24, 2.45) is 0 Å². The summed E-state index contributed by atoms with van der Waals surface area (Å²) in [6, 6.07) is 7.19. The monoisotopic (exact) mass is 163 g/mol. The number of fused-ring (bicyclic) bond motifs is 1. The van der Waals surface area contributed by atoms with E-state index in [0.29, 0.717) is 17.7 Å². The van der Waals surface area contributed by atoms with Gasteiger partial charge in [0.05, 0.1) is 5.56 Å². The van der Waals surface area contributed by atoms with Crippen molar-refractivity contribution in [3.8, 4) is 5.75 Å². The Bertz CT molecular complexity index is 335. The first-order chi connectivity index (χ1) is 6.31. The predicted octanol–water partition coefficient (Wildman–Crippen LogP) is 2.04. The number of hydrogen-bond acceptors (Lipinski definition) is 2. The van der Waals surface area contributed by atoms with Crippen LogP contribution in [0.5, 0.6) is 5.75 Å². The van der Waals surface area contributed by atoms with Crippen LogP contribution >= 0.6 is 0 Å². The lowest BCUT2D eigenvalue weighted by atomic mass is 10.0. The smallest absolute Gasteiger partial charge is 0.170 e. The summed E-state index contributed by atoms with van der Waals surface area (Å²) in [6.07, 6.45) is 0.0722. The van der Waals surface area contributed by atoms with Crippen LogP contribution in [0.25, 0.3) is 0 Å². The van der Waals surface area contributed by atoms with E-state index in [1.165, 1.54) is 0 Å². The van der Waals surface area contributed by atoms with E-state index in [1.54, 1.807) is 12.1 Å². The molecule has 2 heteroatoms. The summed E-state index contributed by atoms with van der Waals surface area (Å²) >= 11 is 0. The topological polar surface area (TPSA) is 26.3 Å². The molecule has 1 aliphatic rings. The van der Waals surface area contributed by atoms with Crippen LogP contribution in [-0.4, -0.2) is 11.9 Å². The Morgan fingerprint density at radius 2 is 2.42 bits per heavy atom. The van der Waals surface area contributed by atoms with Crippen LogP contribution in [0.4, 0.5) is 0 Å². The van der Waals surface area contributed by atoms with Gasteiger partial charge in [0.2, 0.25) is 0 Å². The van der Waals surface area contributed by atoms with Crippen molar-refractivity contribution in [3.63, 3.8) is 0 Å². The fraction of sp³-hybridized carbons (Fsp3) is 0.300. The fourth-order valence-corrected chi connectivity index (χ4v) is 1.34. The van der Waals surface area contributed by atoms with Gasteiger partial charge in [-0.1, -0.05) is 12.1 Å². The first-order valence-corrected chi connectivity index (χ1v) is 3.89. The average Bonchev–Trinajstić information content (AvgIpc) is 2.18. The van der Waals surface area contributed by atoms with Gasteiger partial charge in [-0.25, -0.2) is 0 Å². The quantitative estimate of drug-likeness (QED) is 0.585. The van der Waals surface area contributed by atoms with Gasteiger partial charge in [-0.2, -0.15) is 0 Å². The minimum atomic E-state index is -0.262. The molecule has 0 N–H and O–H groups in total. The Balaban J connectivity index is 2.37. The molecule has 0 saturated carbocycles. The van der Waals surface area contributed by atoms with E-state index in [9.17, 15) is 4.79 Å². The van der Waals surface area contributed by atoms with Crippen LogP contribution in [0, 0.1) is 0 Å². The molecule has 1 aromatic rings. The zero-order valence-electron chi connectivity index (χ0n) is 7.62. The van der Waals surface area contributed by atoms with Gasteiger partial charge in [0.25, 0.3) is 0 Å². The fourth-order valence-electron chi connectivity index (χ4n) is 1.34. The minimum Gasteiger partial charge on any atom is -0.489 e. The predicted molar refractivity (Wildman–Crippen MR) is 45.5 cm³/mol. The van der Waals surface area contributed by atoms with Crippen molar-refractivity contribution in [2.75, 3.05) is 0 Å². The number of ketones is 1. The second-order valence-corrected chi connectivity index (χ2v) is 2.86. The van der Waals surface area contributed by atoms with Crippen molar-refractivity contribution < 1.29 is 10.9 Å². The molecule has 0 saturated heterocycles. The maximum Gasteiger partial charge on any atom is 0.170 e. The van der Waals surface area contributed by atoms with E-state index < -0.39 is 0 Å². The highest BCUT2D eigenvalue weighted by atomic mass is 16.5. The molecule has 0 aliphatic carbocycles. The number of para-hydroxylation sites is 1. The Morgan fingerprint density at radius 3 is 3.25 bits per heavy atom. The molecule has 0 radical (unpaired) electrons. The maximum absolute atomic E-state index is 11.5. The van der Waals surface area contributed by atoms with E-state index in [4.69, 9.17) is 6.11 Å². The lowest BCUT2D eigenvalue weighted by molar-refractivity contribution is 0.0871.